The topological polar surface area (TPSA) is 143 Å². The Kier molecular flexibility index (Phi) is 9.10. The van der Waals surface area contributed by atoms with Crippen LogP contribution in [0, 0.1) is 11.8 Å². The molecule has 7 N–H and O–H groups in total. The van der Waals surface area contributed by atoms with Crippen LogP contribution < -0.4 is 16.5 Å². The molecule has 4 atom stereocenters. The maximum Gasteiger partial charge on any atom is 0.331 e. The normalized spacial score (nSPS) is 21.1. The van der Waals surface area contributed by atoms with Gasteiger partial charge in [-0.05, 0) is 24.8 Å². The minimum absolute atomic E-state index is 0.0454. The van der Waals surface area contributed by atoms with Crippen molar-refractivity contribution in [1.29, 1.82) is 0 Å². The van der Waals surface area contributed by atoms with Gasteiger partial charge in [0.15, 0.2) is 5.60 Å². The molecular formula is C18H28Cl2N3O5+. The van der Waals surface area contributed by atoms with E-state index in [0.29, 0.717) is 11.5 Å². The lowest BCUT2D eigenvalue weighted by Crippen LogP contribution is -2.68. The Hall–Kier alpha value is -1.45. The van der Waals surface area contributed by atoms with Gasteiger partial charge in [-0.3, -0.25) is 20.5 Å². The first kappa shape index (κ1) is 24.6. The minimum Gasteiger partial charge on any atom is -0.379 e. The van der Waals surface area contributed by atoms with Crippen molar-refractivity contribution in [3.8, 4) is 0 Å². The van der Waals surface area contributed by atoms with Gasteiger partial charge in [0.25, 0.3) is 5.91 Å². The number of rotatable bonds is 9. The second kappa shape index (κ2) is 10.4. The van der Waals surface area contributed by atoms with Crippen molar-refractivity contribution < 1.29 is 30.4 Å². The molecule has 4 unspecified atom stereocenters. The van der Waals surface area contributed by atoms with Gasteiger partial charge in [-0.15, -0.1) is 11.6 Å². The molecule has 8 nitrogen and oxygen atoms in total. The van der Waals surface area contributed by atoms with Crippen molar-refractivity contribution in [2.75, 3.05) is 0 Å². The molecule has 0 heterocycles. The summed E-state index contributed by atoms with van der Waals surface area (Å²) in [6.07, 6.45) is 3.88. The van der Waals surface area contributed by atoms with E-state index >= 15 is 0 Å². The average molecular weight is 437 g/mol. The highest BCUT2D eigenvalue weighted by Gasteiger charge is 2.46. The van der Waals surface area contributed by atoms with Crippen LogP contribution in [0.2, 0.25) is 0 Å². The third-order valence-corrected chi connectivity index (χ3v) is 5.60. The molecule has 0 saturated carbocycles. The number of alkyl halides is 1. The molecule has 0 aromatic carbocycles. The molecule has 0 fully saturated rings. The third kappa shape index (κ3) is 6.28. The quantitative estimate of drug-likeness (QED) is 0.204. The number of allylic oxidation sites excluding steroid dienone is 3. The summed E-state index contributed by atoms with van der Waals surface area (Å²) in [5, 5.41) is 22.4. The molecular weight excluding hydrogens is 409 g/mol. The summed E-state index contributed by atoms with van der Waals surface area (Å²) in [6, 6.07) is -1.00. The van der Waals surface area contributed by atoms with Crippen LogP contribution in [0.1, 0.15) is 40.0 Å². The van der Waals surface area contributed by atoms with Gasteiger partial charge in [0.1, 0.15) is 6.04 Å². The number of nitrogens with one attached hydrogen (secondary N) is 2. The third-order valence-electron chi connectivity index (χ3n) is 4.71. The highest BCUT2D eigenvalue weighted by molar-refractivity contribution is 6.37. The fourth-order valence-electron chi connectivity index (χ4n) is 3.04. The number of carbonyl (C=O) groups is 3. The molecule has 0 saturated heterocycles. The first-order chi connectivity index (χ1) is 12.9. The van der Waals surface area contributed by atoms with Gasteiger partial charge in [-0.1, -0.05) is 44.0 Å². The smallest absolute Gasteiger partial charge is 0.331 e. The van der Waals surface area contributed by atoms with Gasteiger partial charge in [0.2, 0.25) is 5.91 Å². The fourth-order valence-corrected chi connectivity index (χ4v) is 3.45. The zero-order valence-corrected chi connectivity index (χ0v) is 17.7. The number of amides is 3. The summed E-state index contributed by atoms with van der Waals surface area (Å²) in [4.78, 5) is 36.7. The number of hydrogen-bond donors (Lipinski definition) is 5. The number of carbonyl (C=O) groups excluding carboxylic acids is 3. The Morgan fingerprint density at radius 2 is 1.93 bits per heavy atom. The van der Waals surface area contributed by atoms with Gasteiger partial charge >= 0.3 is 5.91 Å². The van der Waals surface area contributed by atoms with E-state index in [4.69, 9.17) is 28.4 Å². The monoisotopic (exact) mass is 436 g/mol. The molecule has 0 spiro atoms. The van der Waals surface area contributed by atoms with Crippen LogP contribution in [0.25, 0.3) is 0 Å². The second-order valence-corrected chi connectivity index (χ2v) is 8.43. The van der Waals surface area contributed by atoms with E-state index in [1.807, 2.05) is 0 Å². The Morgan fingerprint density at radius 3 is 2.39 bits per heavy atom. The lowest BCUT2D eigenvalue weighted by Gasteiger charge is -2.34. The van der Waals surface area contributed by atoms with Gasteiger partial charge < -0.3 is 10.4 Å². The predicted octanol–water partition coefficient (Wildman–Crippen LogP) is 0.609. The zero-order chi connectivity index (χ0) is 21.6. The van der Waals surface area contributed by atoms with E-state index in [0.717, 1.165) is 5.57 Å². The standard InChI is InChI=1S/C18H27Cl2N3O5/c1-9(2)8-18(27,10(3)16(25)23-28)17(26)22-14(15(21)24)7-11-4-5-12(19)13(20)6-11/h4-5,9-10,13-14,27-28H,6-8H2,1-3H3,(H2,21,24)(H,22,26)(H,23,25)/p+1. The Balaban J connectivity index is 3.04. The fraction of sp³-hybridized carbons (Fsp3) is 0.611. The van der Waals surface area contributed by atoms with E-state index in [-0.39, 0.29) is 18.8 Å². The molecule has 158 valence electrons. The summed E-state index contributed by atoms with van der Waals surface area (Å²) in [5.74, 6) is -3.72. The summed E-state index contributed by atoms with van der Waals surface area (Å²) in [6.45, 7) is 4.87. The van der Waals surface area contributed by atoms with Gasteiger partial charge in [0.05, 0.1) is 11.3 Å². The van der Waals surface area contributed by atoms with Crippen LogP contribution in [-0.4, -0.2) is 45.1 Å². The van der Waals surface area contributed by atoms with E-state index in [9.17, 15) is 19.5 Å². The molecule has 0 radical (unpaired) electrons. The molecule has 1 aliphatic rings. The van der Waals surface area contributed by atoms with Crippen molar-refractivity contribution in [3.63, 3.8) is 0 Å². The molecule has 10 heteroatoms. The molecule has 3 amide bonds. The molecule has 1 rings (SSSR count). The summed E-state index contributed by atoms with van der Waals surface area (Å²) in [7, 11) is 0. The largest absolute Gasteiger partial charge is 0.379 e. The minimum atomic E-state index is -2.12. The van der Waals surface area contributed by atoms with Crippen molar-refractivity contribution >= 4 is 40.9 Å². The van der Waals surface area contributed by atoms with Crippen LogP contribution >= 0.6 is 23.2 Å². The van der Waals surface area contributed by atoms with E-state index in [2.05, 4.69) is 11.1 Å². The average Bonchev–Trinajstić information content (AvgIpc) is 2.61. The van der Waals surface area contributed by atoms with Crippen LogP contribution in [-0.2, 0) is 14.4 Å². The second-order valence-electron chi connectivity index (χ2n) is 7.46. The number of hydroxylamine groups is 1. The Morgan fingerprint density at radius 1 is 1.32 bits per heavy atom. The molecule has 0 aliphatic heterocycles. The highest BCUT2D eigenvalue weighted by Crippen LogP contribution is 2.30. The van der Waals surface area contributed by atoms with Gasteiger partial charge in [-0.25, -0.2) is 10.3 Å². The maximum absolute atomic E-state index is 12.9. The molecule has 0 bridgehead atoms. The summed E-state index contributed by atoms with van der Waals surface area (Å²) < 4.78 is 0. The van der Waals surface area contributed by atoms with Crippen LogP contribution in [0.3, 0.4) is 0 Å². The van der Waals surface area contributed by atoms with Gasteiger partial charge in [-0.2, -0.15) is 0 Å². The predicted molar refractivity (Wildman–Crippen MR) is 104 cm³/mol. The Bertz CT molecular complexity index is 680. The van der Waals surface area contributed by atoms with Crippen molar-refractivity contribution in [1.82, 2.24) is 10.8 Å². The van der Waals surface area contributed by atoms with Crippen molar-refractivity contribution in [2.24, 2.45) is 11.8 Å². The number of halogens is 2. The molecule has 28 heavy (non-hydrogen) atoms. The lowest BCUT2D eigenvalue weighted by atomic mass is 9.80. The summed E-state index contributed by atoms with van der Waals surface area (Å²) >= 11 is 12.1. The number of hydrogen-bond acceptors (Lipinski definition) is 5. The first-order valence-electron chi connectivity index (χ1n) is 8.94. The van der Waals surface area contributed by atoms with Crippen molar-refractivity contribution in [3.05, 3.63) is 22.8 Å². The molecule has 0 aromatic rings. The summed E-state index contributed by atoms with van der Waals surface area (Å²) in [5.41, 5.74) is 3.50. The van der Waals surface area contributed by atoms with E-state index < -0.39 is 40.7 Å². The van der Waals surface area contributed by atoms with Crippen LogP contribution in [0.15, 0.2) is 22.8 Å². The van der Waals surface area contributed by atoms with Crippen molar-refractivity contribution in [2.45, 2.75) is 57.1 Å². The van der Waals surface area contributed by atoms with E-state index in [1.54, 1.807) is 26.0 Å². The van der Waals surface area contributed by atoms with Crippen LogP contribution in [0.4, 0.5) is 0 Å². The maximum atomic E-state index is 12.9. The molecule has 0 aromatic heterocycles. The number of quaternary nitrogens is 1. The lowest BCUT2D eigenvalue weighted by molar-refractivity contribution is -0.308. The highest BCUT2D eigenvalue weighted by atomic mass is 35.5. The molecule has 1 aliphatic carbocycles. The first-order valence-corrected chi connectivity index (χ1v) is 9.76. The Labute approximate surface area is 174 Å². The van der Waals surface area contributed by atoms with Crippen LogP contribution in [0.5, 0.6) is 0 Å². The zero-order valence-electron chi connectivity index (χ0n) is 16.2. The van der Waals surface area contributed by atoms with Gasteiger partial charge in [0, 0.05) is 11.5 Å². The SMILES string of the molecule is CC(C)CC(O)(C(=O)NC(CC1=CC=C(Cl)C(Cl)C1)C([NH3+])=O)C(C)C(=O)NO. The van der Waals surface area contributed by atoms with E-state index in [1.165, 1.54) is 12.4 Å². The number of aliphatic hydroxyl groups is 1.